The molecule has 1 aliphatic rings. The minimum atomic E-state index is -0.513. The van der Waals surface area contributed by atoms with E-state index in [9.17, 15) is 4.39 Å². The molecule has 3 heteroatoms. The van der Waals surface area contributed by atoms with Gasteiger partial charge >= 0.3 is 0 Å². The number of hydrogen-bond acceptors (Lipinski definition) is 1. The van der Waals surface area contributed by atoms with Gasteiger partial charge in [-0.1, -0.05) is 48.4 Å². The fraction of sp³-hybridized carbons (Fsp3) is 0.294. The van der Waals surface area contributed by atoms with Gasteiger partial charge in [0.05, 0.1) is 6.04 Å². The Labute approximate surface area is 123 Å². The van der Waals surface area contributed by atoms with E-state index in [1.807, 2.05) is 18.2 Å². The van der Waals surface area contributed by atoms with Crippen molar-refractivity contribution in [3.63, 3.8) is 0 Å². The Morgan fingerprint density at radius 1 is 1.10 bits per heavy atom. The van der Waals surface area contributed by atoms with Crippen molar-refractivity contribution >= 4 is 11.6 Å². The number of halogens is 2. The molecule has 1 aliphatic carbocycles. The van der Waals surface area contributed by atoms with Crippen LogP contribution in [0.25, 0.3) is 0 Å². The van der Waals surface area contributed by atoms with Gasteiger partial charge in [0.15, 0.2) is 0 Å². The monoisotopic (exact) mass is 289 g/mol. The van der Waals surface area contributed by atoms with Crippen molar-refractivity contribution in [2.45, 2.75) is 31.2 Å². The van der Waals surface area contributed by atoms with Crippen LogP contribution in [0.4, 0.5) is 4.39 Å². The third-order valence-corrected chi connectivity index (χ3v) is 4.52. The summed E-state index contributed by atoms with van der Waals surface area (Å²) in [7, 11) is 0. The van der Waals surface area contributed by atoms with E-state index in [1.165, 1.54) is 30.9 Å². The lowest BCUT2D eigenvalue weighted by Gasteiger charge is -2.30. The highest BCUT2D eigenvalue weighted by molar-refractivity contribution is 6.31. The van der Waals surface area contributed by atoms with E-state index < -0.39 is 6.04 Å². The summed E-state index contributed by atoms with van der Waals surface area (Å²) in [6.07, 6.45) is 3.64. The summed E-state index contributed by atoms with van der Waals surface area (Å²) in [6, 6.07) is 12.2. The predicted octanol–water partition coefficient (Wildman–Crippen LogP) is 4.79. The van der Waals surface area contributed by atoms with E-state index in [0.717, 1.165) is 5.56 Å². The molecule has 0 amide bonds. The largest absolute Gasteiger partial charge is 0.320 e. The molecule has 1 atom stereocenters. The lowest BCUT2D eigenvalue weighted by molar-refractivity contribution is 0.416. The molecule has 1 unspecified atom stereocenters. The van der Waals surface area contributed by atoms with Crippen molar-refractivity contribution in [3.8, 4) is 0 Å². The van der Waals surface area contributed by atoms with Crippen molar-refractivity contribution < 1.29 is 4.39 Å². The molecule has 0 heterocycles. The van der Waals surface area contributed by atoms with Crippen LogP contribution in [0.1, 0.15) is 47.9 Å². The number of rotatable bonds is 3. The maximum Gasteiger partial charge on any atom is 0.129 e. The zero-order valence-corrected chi connectivity index (χ0v) is 11.9. The van der Waals surface area contributed by atoms with Crippen LogP contribution < -0.4 is 5.73 Å². The van der Waals surface area contributed by atoms with Crippen LogP contribution in [-0.2, 0) is 0 Å². The van der Waals surface area contributed by atoms with Gasteiger partial charge in [0, 0.05) is 10.6 Å². The quantitative estimate of drug-likeness (QED) is 0.863. The molecule has 1 fully saturated rings. The van der Waals surface area contributed by atoms with Crippen LogP contribution in [-0.4, -0.2) is 0 Å². The maximum absolute atomic E-state index is 14.1. The van der Waals surface area contributed by atoms with Gasteiger partial charge in [0.25, 0.3) is 0 Å². The molecule has 0 radical (unpaired) electrons. The van der Waals surface area contributed by atoms with E-state index in [-0.39, 0.29) is 5.82 Å². The van der Waals surface area contributed by atoms with Gasteiger partial charge in [-0.25, -0.2) is 4.39 Å². The van der Waals surface area contributed by atoms with Gasteiger partial charge in [-0.05, 0) is 42.0 Å². The summed E-state index contributed by atoms with van der Waals surface area (Å²) in [4.78, 5) is 0. The molecule has 0 aromatic heterocycles. The average Bonchev–Trinajstić information content (AvgIpc) is 2.37. The van der Waals surface area contributed by atoms with Crippen LogP contribution in [0.3, 0.4) is 0 Å². The first-order valence-electron chi connectivity index (χ1n) is 6.97. The van der Waals surface area contributed by atoms with Crippen LogP contribution in [0.15, 0.2) is 42.5 Å². The standard InChI is InChI=1S/C17H17ClFN/c18-14-9-4-10-15(19)16(14)17(20)13-8-2-1-7-12(13)11-5-3-6-11/h1-2,4,7-11,17H,3,5-6,20H2. The molecule has 20 heavy (non-hydrogen) atoms. The third kappa shape index (κ3) is 2.34. The molecule has 0 saturated heterocycles. The number of benzene rings is 2. The molecule has 0 aliphatic heterocycles. The van der Waals surface area contributed by atoms with Gasteiger partial charge in [0.1, 0.15) is 5.82 Å². The second kappa shape index (κ2) is 5.55. The minimum Gasteiger partial charge on any atom is -0.320 e. The summed E-state index contributed by atoms with van der Waals surface area (Å²) >= 11 is 6.13. The highest BCUT2D eigenvalue weighted by Crippen LogP contribution is 2.41. The smallest absolute Gasteiger partial charge is 0.129 e. The van der Waals surface area contributed by atoms with Gasteiger partial charge in [-0.3, -0.25) is 0 Å². The summed E-state index contributed by atoms with van der Waals surface area (Å²) in [6.45, 7) is 0. The zero-order chi connectivity index (χ0) is 14.1. The first kappa shape index (κ1) is 13.6. The molecule has 2 aromatic carbocycles. The molecule has 104 valence electrons. The Hall–Kier alpha value is -1.38. The molecule has 2 aromatic rings. The summed E-state index contributed by atoms with van der Waals surface area (Å²) < 4.78 is 14.1. The van der Waals surface area contributed by atoms with Gasteiger partial charge < -0.3 is 5.73 Å². The Morgan fingerprint density at radius 2 is 1.85 bits per heavy atom. The molecule has 0 spiro atoms. The Kier molecular flexibility index (Phi) is 3.77. The summed E-state index contributed by atoms with van der Waals surface area (Å²) in [5.74, 6) is 0.219. The molecular weight excluding hydrogens is 273 g/mol. The topological polar surface area (TPSA) is 26.0 Å². The van der Waals surface area contributed by atoms with E-state index >= 15 is 0 Å². The minimum absolute atomic E-state index is 0.339. The maximum atomic E-state index is 14.1. The third-order valence-electron chi connectivity index (χ3n) is 4.19. The fourth-order valence-corrected chi connectivity index (χ4v) is 3.13. The first-order valence-corrected chi connectivity index (χ1v) is 7.34. The van der Waals surface area contributed by atoms with Crippen molar-refractivity contribution in [3.05, 3.63) is 70.0 Å². The van der Waals surface area contributed by atoms with E-state index in [1.54, 1.807) is 12.1 Å². The number of nitrogens with two attached hydrogens (primary N) is 1. The Balaban J connectivity index is 2.04. The van der Waals surface area contributed by atoms with Crippen molar-refractivity contribution in [1.82, 2.24) is 0 Å². The van der Waals surface area contributed by atoms with Crippen molar-refractivity contribution in [2.24, 2.45) is 5.73 Å². The predicted molar refractivity (Wildman–Crippen MR) is 80.5 cm³/mol. The molecule has 0 bridgehead atoms. The molecule has 1 nitrogen and oxygen atoms in total. The highest BCUT2D eigenvalue weighted by Gasteiger charge is 2.26. The van der Waals surface area contributed by atoms with Crippen LogP contribution in [0.5, 0.6) is 0 Å². The van der Waals surface area contributed by atoms with Gasteiger partial charge in [-0.15, -0.1) is 0 Å². The molecule has 3 rings (SSSR count). The lowest BCUT2D eigenvalue weighted by atomic mass is 9.76. The van der Waals surface area contributed by atoms with Gasteiger partial charge in [0.2, 0.25) is 0 Å². The van der Waals surface area contributed by atoms with Gasteiger partial charge in [-0.2, -0.15) is 0 Å². The summed E-state index contributed by atoms with van der Waals surface area (Å²) in [5, 5.41) is 0.390. The van der Waals surface area contributed by atoms with Crippen LogP contribution in [0.2, 0.25) is 5.02 Å². The van der Waals surface area contributed by atoms with Crippen molar-refractivity contribution in [2.75, 3.05) is 0 Å². The zero-order valence-electron chi connectivity index (χ0n) is 11.2. The highest BCUT2D eigenvalue weighted by atomic mass is 35.5. The molecule has 2 N–H and O–H groups in total. The van der Waals surface area contributed by atoms with E-state index in [4.69, 9.17) is 17.3 Å². The van der Waals surface area contributed by atoms with Crippen molar-refractivity contribution in [1.29, 1.82) is 0 Å². The summed E-state index contributed by atoms with van der Waals surface area (Å²) in [5.41, 5.74) is 8.93. The van der Waals surface area contributed by atoms with E-state index in [0.29, 0.717) is 16.5 Å². The lowest BCUT2D eigenvalue weighted by Crippen LogP contribution is -2.19. The van der Waals surface area contributed by atoms with Crippen LogP contribution >= 0.6 is 11.6 Å². The molecule has 1 saturated carbocycles. The first-order chi connectivity index (χ1) is 9.68. The normalized spacial score (nSPS) is 16.8. The average molecular weight is 290 g/mol. The Bertz CT molecular complexity index is 602. The number of hydrogen-bond donors (Lipinski definition) is 1. The van der Waals surface area contributed by atoms with E-state index in [2.05, 4.69) is 6.07 Å². The second-order valence-corrected chi connectivity index (χ2v) is 5.78. The second-order valence-electron chi connectivity index (χ2n) is 5.37. The SMILES string of the molecule is NC(c1ccccc1C1CCC1)c1c(F)cccc1Cl. The van der Waals surface area contributed by atoms with Crippen LogP contribution in [0, 0.1) is 5.82 Å². The molecular formula is C17H17ClFN. The Morgan fingerprint density at radius 3 is 2.50 bits per heavy atom. The fourth-order valence-electron chi connectivity index (χ4n) is 2.85.